The maximum absolute atomic E-state index is 12.6. The van der Waals surface area contributed by atoms with Gasteiger partial charge in [0.2, 0.25) is 0 Å². The van der Waals surface area contributed by atoms with E-state index in [-0.39, 0.29) is 11.9 Å². The standard InChI is InChI=1S/C19H21ClN4O3/c1-5-27-17-15(20)7-12(8-16(17)26-4)19(25)23-14-6-13-9-22-24(11(2)3)18(13)21-10-14/h6-11H,5H2,1-4H3,(H,23,25). The quantitative estimate of drug-likeness (QED) is 0.680. The minimum atomic E-state index is -0.323. The van der Waals surface area contributed by atoms with Gasteiger partial charge < -0.3 is 14.8 Å². The summed E-state index contributed by atoms with van der Waals surface area (Å²) in [5.41, 5.74) is 1.70. The van der Waals surface area contributed by atoms with Crippen molar-refractivity contribution in [1.82, 2.24) is 14.8 Å². The number of pyridine rings is 1. The number of rotatable bonds is 6. The van der Waals surface area contributed by atoms with Crippen molar-refractivity contribution < 1.29 is 14.3 Å². The zero-order valence-electron chi connectivity index (χ0n) is 15.6. The van der Waals surface area contributed by atoms with Crippen LogP contribution in [-0.2, 0) is 0 Å². The Bertz CT molecular complexity index is 984. The number of carbonyl (C=O) groups is 1. The molecule has 2 heterocycles. The average molecular weight is 389 g/mol. The Balaban J connectivity index is 1.87. The number of anilines is 1. The van der Waals surface area contributed by atoms with Gasteiger partial charge in [0.25, 0.3) is 5.91 Å². The number of ether oxygens (including phenoxy) is 2. The van der Waals surface area contributed by atoms with Crippen molar-refractivity contribution in [2.45, 2.75) is 26.8 Å². The van der Waals surface area contributed by atoms with Crippen molar-refractivity contribution in [3.8, 4) is 11.5 Å². The summed E-state index contributed by atoms with van der Waals surface area (Å²) in [4.78, 5) is 17.1. The molecule has 0 bridgehead atoms. The molecule has 0 unspecified atom stereocenters. The second kappa shape index (κ2) is 7.84. The van der Waals surface area contributed by atoms with E-state index >= 15 is 0 Å². The first-order chi connectivity index (χ1) is 12.9. The fraction of sp³-hybridized carbons (Fsp3) is 0.316. The fourth-order valence-corrected chi connectivity index (χ4v) is 2.99. The molecule has 142 valence electrons. The highest BCUT2D eigenvalue weighted by Gasteiger charge is 2.16. The van der Waals surface area contributed by atoms with Crippen LogP contribution in [0.15, 0.2) is 30.6 Å². The Morgan fingerprint density at radius 2 is 2.07 bits per heavy atom. The number of halogens is 1. The van der Waals surface area contributed by atoms with Gasteiger partial charge in [0, 0.05) is 17.0 Å². The number of methoxy groups -OCH3 is 1. The molecule has 0 aliphatic carbocycles. The van der Waals surface area contributed by atoms with Gasteiger partial charge in [-0.05, 0) is 39.0 Å². The Morgan fingerprint density at radius 1 is 1.30 bits per heavy atom. The van der Waals surface area contributed by atoms with Crippen molar-refractivity contribution in [2.75, 3.05) is 19.0 Å². The summed E-state index contributed by atoms with van der Waals surface area (Å²) < 4.78 is 12.6. The summed E-state index contributed by atoms with van der Waals surface area (Å²) >= 11 is 6.24. The second-order valence-corrected chi connectivity index (χ2v) is 6.60. The van der Waals surface area contributed by atoms with Crippen molar-refractivity contribution in [1.29, 1.82) is 0 Å². The average Bonchev–Trinajstić information content (AvgIpc) is 3.06. The van der Waals surface area contributed by atoms with Crippen LogP contribution in [0.3, 0.4) is 0 Å². The third-order valence-corrected chi connectivity index (χ3v) is 4.24. The summed E-state index contributed by atoms with van der Waals surface area (Å²) in [6, 6.07) is 5.18. The minimum absolute atomic E-state index is 0.203. The van der Waals surface area contributed by atoms with Gasteiger partial charge >= 0.3 is 0 Å². The van der Waals surface area contributed by atoms with E-state index < -0.39 is 0 Å². The molecule has 0 aliphatic heterocycles. The van der Waals surface area contributed by atoms with Crippen LogP contribution in [0, 0.1) is 0 Å². The van der Waals surface area contributed by atoms with Gasteiger partial charge in [0.1, 0.15) is 0 Å². The van der Waals surface area contributed by atoms with Crippen LogP contribution in [0.25, 0.3) is 11.0 Å². The molecule has 1 aromatic carbocycles. The van der Waals surface area contributed by atoms with Gasteiger partial charge in [-0.15, -0.1) is 0 Å². The Kier molecular flexibility index (Phi) is 5.51. The van der Waals surface area contributed by atoms with Gasteiger partial charge in [-0.2, -0.15) is 5.10 Å². The molecular weight excluding hydrogens is 368 g/mol. The normalized spacial score (nSPS) is 11.0. The Morgan fingerprint density at radius 3 is 2.74 bits per heavy atom. The summed E-state index contributed by atoms with van der Waals surface area (Å²) in [6.07, 6.45) is 3.34. The molecule has 1 N–H and O–H groups in total. The highest BCUT2D eigenvalue weighted by Crippen LogP contribution is 2.36. The second-order valence-electron chi connectivity index (χ2n) is 6.20. The van der Waals surface area contributed by atoms with Crippen molar-refractivity contribution in [2.24, 2.45) is 0 Å². The van der Waals surface area contributed by atoms with E-state index in [1.807, 2.05) is 31.5 Å². The van der Waals surface area contributed by atoms with Crippen molar-refractivity contribution in [3.05, 3.63) is 41.2 Å². The molecule has 1 amide bonds. The largest absolute Gasteiger partial charge is 0.493 e. The number of hydrogen-bond donors (Lipinski definition) is 1. The SMILES string of the molecule is CCOc1c(Cl)cc(C(=O)Nc2cnc3c(cnn3C(C)C)c2)cc1OC. The van der Waals surface area contributed by atoms with E-state index in [1.165, 1.54) is 7.11 Å². The van der Waals surface area contributed by atoms with Crippen LogP contribution < -0.4 is 14.8 Å². The zero-order valence-corrected chi connectivity index (χ0v) is 16.4. The summed E-state index contributed by atoms with van der Waals surface area (Å²) in [5, 5.41) is 8.32. The van der Waals surface area contributed by atoms with Gasteiger partial charge in [-0.1, -0.05) is 11.6 Å². The zero-order chi connectivity index (χ0) is 19.6. The topological polar surface area (TPSA) is 78.3 Å². The van der Waals surface area contributed by atoms with Crippen LogP contribution >= 0.6 is 11.6 Å². The summed E-state index contributed by atoms with van der Waals surface area (Å²) in [5.74, 6) is 0.499. The van der Waals surface area contributed by atoms with Gasteiger partial charge in [0.05, 0.1) is 36.8 Å². The number of carbonyl (C=O) groups excluding carboxylic acids is 1. The number of hydrogen-bond acceptors (Lipinski definition) is 5. The highest BCUT2D eigenvalue weighted by atomic mass is 35.5. The molecule has 7 nitrogen and oxygen atoms in total. The molecule has 0 radical (unpaired) electrons. The molecule has 0 saturated carbocycles. The van der Waals surface area contributed by atoms with E-state index in [9.17, 15) is 4.79 Å². The molecule has 0 spiro atoms. The summed E-state index contributed by atoms with van der Waals surface area (Å²) in [6.45, 7) is 6.36. The predicted molar refractivity (Wildman–Crippen MR) is 105 cm³/mol. The number of fused-ring (bicyclic) bond motifs is 1. The van der Waals surface area contributed by atoms with E-state index in [1.54, 1.807) is 24.5 Å². The molecule has 8 heteroatoms. The van der Waals surface area contributed by atoms with Gasteiger partial charge in [-0.25, -0.2) is 9.67 Å². The maximum Gasteiger partial charge on any atom is 0.255 e. The number of aromatic nitrogens is 3. The van der Waals surface area contributed by atoms with Crippen LogP contribution in [-0.4, -0.2) is 34.4 Å². The lowest BCUT2D eigenvalue weighted by Gasteiger charge is -2.13. The molecule has 0 fully saturated rings. The van der Waals surface area contributed by atoms with Gasteiger partial charge in [-0.3, -0.25) is 4.79 Å². The lowest BCUT2D eigenvalue weighted by atomic mass is 10.1. The third kappa shape index (κ3) is 3.83. The lowest BCUT2D eigenvalue weighted by molar-refractivity contribution is 0.102. The lowest BCUT2D eigenvalue weighted by Crippen LogP contribution is -2.13. The molecule has 0 aliphatic rings. The number of amides is 1. The fourth-order valence-electron chi connectivity index (χ4n) is 2.72. The van der Waals surface area contributed by atoms with E-state index in [2.05, 4.69) is 15.4 Å². The first-order valence-electron chi connectivity index (χ1n) is 8.59. The molecule has 0 saturated heterocycles. The van der Waals surface area contributed by atoms with Gasteiger partial charge in [0.15, 0.2) is 17.1 Å². The minimum Gasteiger partial charge on any atom is -0.493 e. The van der Waals surface area contributed by atoms with Crippen LogP contribution in [0.4, 0.5) is 5.69 Å². The third-order valence-electron chi connectivity index (χ3n) is 3.96. The Hall–Kier alpha value is -2.80. The number of benzene rings is 1. The van der Waals surface area contributed by atoms with Crippen LogP contribution in [0.2, 0.25) is 5.02 Å². The maximum atomic E-state index is 12.6. The smallest absolute Gasteiger partial charge is 0.255 e. The first-order valence-corrected chi connectivity index (χ1v) is 8.97. The molecule has 2 aromatic heterocycles. The molecule has 27 heavy (non-hydrogen) atoms. The van der Waals surface area contributed by atoms with E-state index in [0.717, 1.165) is 11.0 Å². The first kappa shape index (κ1) is 19.0. The van der Waals surface area contributed by atoms with E-state index in [0.29, 0.717) is 34.4 Å². The molecular formula is C19H21ClN4O3. The molecule has 3 rings (SSSR count). The molecule has 3 aromatic rings. The number of nitrogens with one attached hydrogen (secondary N) is 1. The van der Waals surface area contributed by atoms with Crippen molar-refractivity contribution in [3.63, 3.8) is 0 Å². The highest BCUT2D eigenvalue weighted by molar-refractivity contribution is 6.32. The molecule has 0 atom stereocenters. The predicted octanol–water partition coefficient (Wildman–Crippen LogP) is 4.33. The monoisotopic (exact) mass is 388 g/mol. The van der Waals surface area contributed by atoms with Crippen molar-refractivity contribution >= 4 is 34.2 Å². The number of nitrogens with zero attached hydrogens (tertiary/aromatic N) is 3. The summed E-state index contributed by atoms with van der Waals surface area (Å²) in [7, 11) is 1.50. The van der Waals surface area contributed by atoms with Crippen LogP contribution in [0.1, 0.15) is 37.2 Å². The Labute approximate surface area is 162 Å². The van der Waals surface area contributed by atoms with E-state index in [4.69, 9.17) is 21.1 Å². The van der Waals surface area contributed by atoms with Crippen LogP contribution in [0.5, 0.6) is 11.5 Å².